The lowest BCUT2D eigenvalue weighted by atomic mass is 10.1. The summed E-state index contributed by atoms with van der Waals surface area (Å²) in [5, 5.41) is 14.8. The fraction of sp³-hybridized carbons (Fsp3) is 0.857. The Balaban J connectivity index is 0.000000845. The lowest BCUT2D eigenvalue weighted by molar-refractivity contribution is 0.332. The average Bonchev–Trinajstić information content (AvgIpc) is 2.53. The van der Waals surface area contributed by atoms with Gasteiger partial charge in [-0.1, -0.05) is 0 Å². The monoisotopic (exact) mass is 203 g/mol. The fourth-order valence-electron chi connectivity index (χ4n) is 1.63. The van der Waals surface area contributed by atoms with Crippen LogP contribution in [0.1, 0.15) is 24.7 Å². The molecular weight excluding hydrogens is 190 g/mol. The number of rotatable bonds is 1. The summed E-state index contributed by atoms with van der Waals surface area (Å²) in [6.07, 6.45) is 2.26. The molecule has 1 saturated heterocycles. The molecule has 0 saturated carbocycles. The van der Waals surface area contributed by atoms with Crippen molar-refractivity contribution in [2.24, 2.45) is 0 Å². The average molecular weight is 204 g/mol. The molecule has 0 aromatic carbocycles. The zero-order valence-corrected chi connectivity index (χ0v) is 8.42. The van der Waals surface area contributed by atoms with Crippen LogP contribution in [-0.4, -0.2) is 33.3 Å². The zero-order chi connectivity index (χ0) is 8.39. The molecule has 0 amide bonds. The Labute approximate surface area is 83.3 Å². The van der Waals surface area contributed by atoms with Gasteiger partial charge in [-0.25, -0.2) is 4.68 Å². The molecule has 1 aliphatic heterocycles. The summed E-state index contributed by atoms with van der Waals surface area (Å²) in [4.78, 5) is 0. The standard InChI is InChI=1S/C7H13N5.ClH/c1-6-9-10-11-12(6)7-2-4-8-5-3-7;/h7-8H,2-5H2,1H3;1H. The number of nitrogens with one attached hydrogen (secondary N) is 1. The van der Waals surface area contributed by atoms with E-state index in [9.17, 15) is 0 Å². The van der Waals surface area contributed by atoms with Gasteiger partial charge in [0.05, 0.1) is 6.04 Å². The molecule has 0 atom stereocenters. The first-order valence-electron chi connectivity index (χ1n) is 4.33. The van der Waals surface area contributed by atoms with Crippen LogP contribution >= 0.6 is 12.4 Å². The van der Waals surface area contributed by atoms with Gasteiger partial charge in [0.1, 0.15) is 5.82 Å². The summed E-state index contributed by atoms with van der Waals surface area (Å²) in [7, 11) is 0. The van der Waals surface area contributed by atoms with Gasteiger partial charge in [0, 0.05) is 0 Å². The summed E-state index contributed by atoms with van der Waals surface area (Å²) < 4.78 is 1.93. The van der Waals surface area contributed by atoms with E-state index < -0.39 is 0 Å². The van der Waals surface area contributed by atoms with Crippen molar-refractivity contribution in [3.05, 3.63) is 5.82 Å². The lowest BCUT2D eigenvalue weighted by Crippen LogP contribution is -2.30. The first-order valence-corrected chi connectivity index (χ1v) is 4.33. The van der Waals surface area contributed by atoms with Crippen LogP contribution in [0.3, 0.4) is 0 Å². The molecule has 2 heterocycles. The maximum Gasteiger partial charge on any atom is 0.148 e. The van der Waals surface area contributed by atoms with Gasteiger partial charge in [-0.05, 0) is 43.3 Å². The second kappa shape index (κ2) is 4.53. The lowest BCUT2D eigenvalue weighted by Gasteiger charge is -2.22. The van der Waals surface area contributed by atoms with Crippen LogP contribution < -0.4 is 5.32 Å². The molecule has 0 bridgehead atoms. The van der Waals surface area contributed by atoms with E-state index in [1.165, 1.54) is 0 Å². The van der Waals surface area contributed by atoms with Crippen LogP contribution in [0, 0.1) is 6.92 Å². The molecule has 0 spiro atoms. The fourth-order valence-corrected chi connectivity index (χ4v) is 1.63. The highest BCUT2D eigenvalue weighted by molar-refractivity contribution is 5.85. The van der Waals surface area contributed by atoms with E-state index in [2.05, 4.69) is 20.8 Å². The topological polar surface area (TPSA) is 55.6 Å². The van der Waals surface area contributed by atoms with Crippen molar-refractivity contribution in [3.8, 4) is 0 Å². The normalized spacial score (nSPS) is 18.2. The van der Waals surface area contributed by atoms with Crippen molar-refractivity contribution in [2.75, 3.05) is 13.1 Å². The highest BCUT2D eigenvalue weighted by atomic mass is 35.5. The quantitative estimate of drug-likeness (QED) is 0.715. The first kappa shape index (κ1) is 10.4. The Kier molecular flexibility index (Phi) is 3.62. The minimum absolute atomic E-state index is 0. The van der Waals surface area contributed by atoms with Gasteiger partial charge in [-0.2, -0.15) is 0 Å². The van der Waals surface area contributed by atoms with Gasteiger partial charge in [-0.3, -0.25) is 0 Å². The number of piperidine rings is 1. The Hall–Kier alpha value is -0.680. The van der Waals surface area contributed by atoms with E-state index in [4.69, 9.17) is 0 Å². The first-order chi connectivity index (χ1) is 5.88. The van der Waals surface area contributed by atoms with Gasteiger partial charge >= 0.3 is 0 Å². The van der Waals surface area contributed by atoms with Gasteiger partial charge < -0.3 is 5.32 Å². The van der Waals surface area contributed by atoms with Crippen LogP contribution in [0.5, 0.6) is 0 Å². The maximum atomic E-state index is 3.97. The number of halogens is 1. The molecule has 1 aromatic heterocycles. The molecule has 1 aromatic rings. The van der Waals surface area contributed by atoms with Gasteiger partial charge in [-0.15, -0.1) is 17.5 Å². The molecule has 74 valence electrons. The number of aromatic nitrogens is 4. The van der Waals surface area contributed by atoms with Crippen molar-refractivity contribution >= 4 is 12.4 Å². The van der Waals surface area contributed by atoms with Crippen LogP contribution in [0.4, 0.5) is 0 Å². The molecule has 13 heavy (non-hydrogen) atoms. The van der Waals surface area contributed by atoms with Crippen LogP contribution in [-0.2, 0) is 0 Å². The number of hydrogen-bond donors (Lipinski definition) is 1. The zero-order valence-electron chi connectivity index (χ0n) is 7.60. The molecular formula is C7H14ClN5. The van der Waals surface area contributed by atoms with Crippen molar-refractivity contribution in [3.63, 3.8) is 0 Å². The molecule has 1 N–H and O–H groups in total. The smallest absolute Gasteiger partial charge is 0.148 e. The summed E-state index contributed by atoms with van der Waals surface area (Å²) in [5.74, 6) is 0.918. The van der Waals surface area contributed by atoms with E-state index in [0.717, 1.165) is 31.8 Å². The molecule has 0 aliphatic carbocycles. The number of hydrogen-bond acceptors (Lipinski definition) is 4. The van der Waals surface area contributed by atoms with E-state index in [-0.39, 0.29) is 12.4 Å². The van der Waals surface area contributed by atoms with Gasteiger partial charge in [0.15, 0.2) is 0 Å². The SMILES string of the molecule is Cc1nnnn1C1CCNCC1.Cl. The largest absolute Gasteiger partial charge is 0.317 e. The molecule has 2 rings (SSSR count). The Morgan fingerprint density at radius 1 is 1.38 bits per heavy atom. The second-order valence-electron chi connectivity index (χ2n) is 3.15. The van der Waals surface area contributed by atoms with E-state index in [0.29, 0.717) is 6.04 Å². The van der Waals surface area contributed by atoms with Gasteiger partial charge in [0.2, 0.25) is 0 Å². The van der Waals surface area contributed by atoms with Gasteiger partial charge in [0.25, 0.3) is 0 Å². The highest BCUT2D eigenvalue weighted by Gasteiger charge is 2.17. The third-order valence-electron chi connectivity index (χ3n) is 2.31. The third kappa shape index (κ3) is 2.16. The van der Waals surface area contributed by atoms with E-state index in [1.54, 1.807) is 0 Å². The summed E-state index contributed by atoms with van der Waals surface area (Å²) in [5.41, 5.74) is 0. The molecule has 1 fully saturated rings. The maximum absolute atomic E-state index is 3.97. The van der Waals surface area contributed by atoms with Crippen molar-refractivity contribution in [2.45, 2.75) is 25.8 Å². The third-order valence-corrected chi connectivity index (χ3v) is 2.31. The van der Waals surface area contributed by atoms with Crippen LogP contribution in [0.25, 0.3) is 0 Å². The Morgan fingerprint density at radius 2 is 2.08 bits per heavy atom. The molecule has 5 nitrogen and oxygen atoms in total. The minimum Gasteiger partial charge on any atom is -0.317 e. The number of tetrazole rings is 1. The van der Waals surface area contributed by atoms with Crippen molar-refractivity contribution in [1.29, 1.82) is 0 Å². The van der Waals surface area contributed by atoms with Crippen molar-refractivity contribution < 1.29 is 0 Å². The number of nitrogens with zero attached hydrogens (tertiary/aromatic N) is 4. The van der Waals surface area contributed by atoms with Crippen LogP contribution in [0.15, 0.2) is 0 Å². The summed E-state index contributed by atoms with van der Waals surface area (Å²) in [6, 6.07) is 0.501. The molecule has 6 heteroatoms. The summed E-state index contributed by atoms with van der Waals surface area (Å²) >= 11 is 0. The predicted molar refractivity (Wildman–Crippen MR) is 50.9 cm³/mol. The van der Waals surface area contributed by atoms with Crippen LogP contribution in [0.2, 0.25) is 0 Å². The molecule has 0 unspecified atom stereocenters. The predicted octanol–water partition coefficient (Wildman–Crippen LogP) is 0.328. The highest BCUT2D eigenvalue weighted by Crippen LogP contribution is 2.17. The molecule has 0 radical (unpaired) electrons. The van der Waals surface area contributed by atoms with E-state index >= 15 is 0 Å². The Morgan fingerprint density at radius 3 is 2.62 bits per heavy atom. The Bertz CT molecular complexity index is 255. The van der Waals surface area contributed by atoms with E-state index in [1.807, 2.05) is 11.6 Å². The molecule has 1 aliphatic rings. The second-order valence-corrected chi connectivity index (χ2v) is 3.15. The number of aryl methyl sites for hydroxylation is 1. The van der Waals surface area contributed by atoms with Crippen molar-refractivity contribution in [1.82, 2.24) is 25.5 Å². The summed E-state index contributed by atoms with van der Waals surface area (Å²) in [6.45, 7) is 4.09. The minimum atomic E-state index is 0.